The van der Waals surface area contributed by atoms with Crippen molar-refractivity contribution in [3.05, 3.63) is 22.6 Å². The molecule has 0 saturated heterocycles. The summed E-state index contributed by atoms with van der Waals surface area (Å²) in [5.41, 5.74) is 9.47. The lowest BCUT2D eigenvalue weighted by molar-refractivity contribution is 0.463. The number of benzene rings is 1. The van der Waals surface area contributed by atoms with E-state index in [1.807, 2.05) is 19.2 Å². The summed E-state index contributed by atoms with van der Waals surface area (Å²) in [7, 11) is 3.60. The Hall–Kier alpha value is -1.91. The Balaban J connectivity index is 2.09. The fourth-order valence-corrected chi connectivity index (χ4v) is 3.25. The number of nitrogens with one attached hydrogen (secondary N) is 1. The smallest absolute Gasteiger partial charge is 0.328 e. The molecule has 5 heteroatoms. The molecule has 0 atom stereocenters. The fourth-order valence-electron chi connectivity index (χ4n) is 3.25. The van der Waals surface area contributed by atoms with Gasteiger partial charge in [0.2, 0.25) is 0 Å². The first-order valence-corrected chi connectivity index (χ1v) is 7.29. The Morgan fingerprint density at radius 2 is 1.85 bits per heavy atom. The topological polar surface area (TPSA) is 65.0 Å². The van der Waals surface area contributed by atoms with Crippen molar-refractivity contribution in [3.8, 4) is 0 Å². The number of hydrogen-bond acceptors (Lipinski definition) is 3. The summed E-state index contributed by atoms with van der Waals surface area (Å²) >= 11 is 0. The predicted octanol–water partition coefficient (Wildman–Crippen LogP) is 2.20. The van der Waals surface area contributed by atoms with Crippen molar-refractivity contribution < 1.29 is 0 Å². The maximum atomic E-state index is 12.1. The molecule has 3 rings (SSSR count). The monoisotopic (exact) mass is 274 g/mol. The minimum atomic E-state index is -0.0164. The van der Waals surface area contributed by atoms with Crippen LogP contribution in [-0.2, 0) is 14.1 Å². The SMILES string of the molecule is Cn1c(=O)n(C)c2c(NC3CCCCC3)cc(N)cc21. The Labute approximate surface area is 118 Å². The second-order valence-corrected chi connectivity index (χ2v) is 5.82. The van der Waals surface area contributed by atoms with E-state index in [9.17, 15) is 4.79 Å². The Morgan fingerprint density at radius 1 is 1.15 bits per heavy atom. The zero-order valence-electron chi connectivity index (χ0n) is 12.1. The molecule has 1 aliphatic rings. The molecule has 1 aromatic carbocycles. The van der Waals surface area contributed by atoms with E-state index < -0.39 is 0 Å². The highest BCUT2D eigenvalue weighted by molar-refractivity contribution is 5.92. The van der Waals surface area contributed by atoms with Crippen molar-refractivity contribution in [3.63, 3.8) is 0 Å². The third-order valence-electron chi connectivity index (χ3n) is 4.35. The summed E-state index contributed by atoms with van der Waals surface area (Å²) in [5, 5.41) is 3.59. The summed E-state index contributed by atoms with van der Waals surface area (Å²) < 4.78 is 3.34. The van der Waals surface area contributed by atoms with Gasteiger partial charge in [0.05, 0.1) is 16.7 Å². The molecule has 2 aromatic rings. The molecule has 0 aliphatic heterocycles. The average Bonchev–Trinajstić information content (AvgIpc) is 2.65. The van der Waals surface area contributed by atoms with Gasteiger partial charge in [-0.2, -0.15) is 0 Å². The highest BCUT2D eigenvalue weighted by Crippen LogP contribution is 2.29. The highest BCUT2D eigenvalue weighted by atomic mass is 16.1. The van der Waals surface area contributed by atoms with E-state index in [0.29, 0.717) is 11.7 Å². The van der Waals surface area contributed by atoms with Crippen LogP contribution in [0.4, 0.5) is 11.4 Å². The van der Waals surface area contributed by atoms with E-state index in [0.717, 1.165) is 16.7 Å². The molecular weight excluding hydrogens is 252 g/mol. The lowest BCUT2D eigenvalue weighted by Gasteiger charge is -2.24. The zero-order chi connectivity index (χ0) is 14.3. The van der Waals surface area contributed by atoms with E-state index in [4.69, 9.17) is 5.73 Å². The summed E-state index contributed by atoms with van der Waals surface area (Å²) in [6.07, 6.45) is 6.26. The normalized spacial score (nSPS) is 16.7. The van der Waals surface area contributed by atoms with Crippen LogP contribution in [0.15, 0.2) is 16.9 Å². The van der Waals surface area contributed by atoms with Gasteiger partial charge in [-0.25, -0.2) is 4.79 Å². The second-order valence-electron chi connectivity index (χ2n) is 5.82. The van der Waals surface area contributed by atoms with Crippen molar-refractivity contribution in [2.45, 2.75) is 38.1 Å². The molecule has 1 aromatic heterocycles. The van der Waals surface area contributed by atoms with Crippen molar-refractivity contribution in [2.24, 2.45) is 14.1 Å². The lowest BCUT2D eigenvalue weighted by atomic mass is 9.95. The van der Waals surface area contributed by atoms with Crippen LogP contribution in [0.25, 0.3) is 11.0 Å². The Morgan fingerprint density at radius 3 is 2.55 bits per heavy atom. The van der Waals surface area contributed by atoms with Crippen molar-refractivity contribution in [1.82, 2.24) is 9.13 Å². The molecule has 1 saturated carbocycles. The molecule has 0 unspecified atom stereocenters. The van der Waals surface area contributed by atoms with Gasteiger partial charge in [-0.1, -0.05) is 19.3 Å². The summed E-state index contributed by atoms with van der Waals surface area (Å²) in [5.74, 6) is 0. The predicted molar refractivity (Wildman–Crippen MR) is 83.1 cm³/mol. The number of nitrogen functional groups attached to an aromatic ring is 1. The standard InChI is InChI=1S/C15H22N4O/c1-18-13-9-10(16)8-12(14(13)19(2)15(18)20)17-11-6-4-3-5-7-11/h8-9,11,17H,3-7,16H2,1-2H3. The number of aromatic nitrogens is 2. The number of hydrogen-bond donors (Lipinski definition) is 2. The Kier molecular flexibility index (Phi) is 3.20. The molecule has 3 N–H and O–H groups in total. The lowest BCUT2D eigenvalue weighted by Crippen LogP contribution is -2.23. The molecule has 0 bridgehead atoms. The molecule has 1 heterocycles. The third-order valence-corrected chi connectivity index (χ3v) is 4.35. The number of fused-ring (bicyclic) bond motifs is 1. The quantitative estimate of drug-likeness (QED) is 0.825. The van der Waals surface area contributed by atoms with E-state index >= 15 is 0 Å². The minimum Gasteiger partial charge on any atom is -0.399 e. The van der Waals surface area contributed by atoms with Gasteiger partial charge in [-0.05, 0) is 25.0 Å². The van der Waals surface area contributed by atoms with Crippen molar-refractivity contribution in [2.75, 3.05) is 11.1 Å². The first-order chi connectivity index (χ1) is 9.58. The van der Waals surface area contributed by atoms with E-state index in [-0.39, 0.29) is 5.69 Å². The Bertz CT molecular complexity index is 692. The van der Waals surface area contributed by atoms with Crippen LogP contribution in [0.3, 0.4) is 0 Å². The van der Waals surface area contributed by atoms with Crippen LogP contribution in [0, 0.1) is 0 Å². The van der Waals surface area contributed by atoms with Gasteiger partial charge >= 0.3 is 5.69 Å². The van der Waals surface area contributed by atoms with Gasteiger partial charge in [-0.3, -0.25) is 9.13 Å². The van der Waals surface area contributed by atoms with Crippen LogP contribution in [-0.4, -0.2) is 15.2 Å². The van der Waals surface area contributed by atoms with Gasteiger partial charge in [-0.15, -0.1) is 0 Å². The van der Waals surface area contributed by atoms with Gasteiger partial charge in [0.25, 0.3) is 0 Å². The van der Waals surface area contributed by atoms with Crippen LogP contribution in [0.2, 0.25) is 0 Å². The molecular formula is C15H22N4O. The molecule has 0 spiro atoms. The van der Waals surface area contributed by atoms with Crippen LogP contribution < -0.4 is 16.7 Å². The van der Waals surface area contributed by atoms with Gasteiger partial charge < -0.3 is 11.1 Å². The van der Waals surface area contributed by atoms with Gasteiger partial charge in [0.15, 0.2) is 0 Å². The fraction of sp³-hybridized carbons (Fsp3) is 0.533. The molecule has 0 amide bonds. The summed E-state index contributed by atoms with van der Waals surface area (Å²) in [6, 6.07) is 4.29. The molecule has 1 fully saturated rings. The van der Waals surface area contributed by atoms with Gasteiger partial charge in [0, 0.05) is 25.8 Å². The van der Waals surface area contributed by atoms with Crippen molar-refractivity contribution in [1.29, 1.82) is 0 Å². The third kappa shape index (κ3) is 2.07. The first kappa shape index (κ1) is 13.1. The molecule has 1 aliphatic carbocycles. The summed E-state index contributed by atoms with van der Waals surface area (Å²) in [4.78, 5) is 12.1. The molecule has 5 nitrogen and oxygen atoms in total. The average molecular weight is 274 g/mol. The van der Waals surface area contributed by atoms with E-state index in [2.05, 4.69) is 5.32 Å². The van der Waals surface area contributed by atoms with Crippen LogP contribution >= 0.6 is 0 Å². The number of anilines is 2. The van der Waals surface area contributed by atoms with E-state index in [1.54, 1.807) is 16.2 Å². The van der Waals surface area contributed by atoms with Crippen LogP contribution in [0.5, 0.6) is 0 Å². The maximum Gasteiger partial charge on any atom is 0.328 e. The number of nitrogens with zero attached hydrogens (tertiary/aromatic N) is 2. The number of nitrogens with two attached hydrogens (primary N) is 1. The summed E-state index contributed by atoms with van der Waals surface area (Å²) in [6.45, 7) is 0. The second kappa shape index (κ2) is 4.89. The minimum absolute atomic E-state index is 0.0164. The maximum absolute atomic E-state index is 12.1. The number of aryl methyl sites for hydroxylation is 2. The van der Waals surface area contributed by atoms with Crippen LogP contribution in [0.1, 0.15) is 32.1 Å². The largest absolute Gasteiger partial charge is 0.399 e. The van der Waals surface area contributed by atoms with Gasteiger partial charge in [0.1, 0.15) is 0 Å². The first-order valence-electron chi connectivity index (χ1n) is 7.29. The molecule has 0 radical (unpaired) electrons. The number of rotatable bonds is 2. The zero-order valence-corrected chi connectivity index (χ0v) is 12.1. The number of imidazole rings is 1. The molecule has 108 valence electrons. The van der Waals surface area contributed by atoms with E-state index in [1.165, 1.54) is 32.1 Å². The molecule has 20 heavy (non-hydrogen) atoms. The van der Waals surface area contributed by atoms with Crippen molar-refractivity contribution >= 4 is 22.4 Å². The highest BCUT2D eigenvalue weighted by Gasteiger charge is 2.17.